The van der Waals surface area contributed by atoms with Crippen molar-refractivity contribution in [3.8, 4) is 5.75 Å². The summed E-state index contributed by atoms with van der Waals surface area (Å²) in [6.07, 6.45) is 1.01. The zero-order valence-corrected chi connectivity index (χ0v) is 10.1. The fourth-order valence-corrected chi connectivity index (χ4v) is 1.50. The van der Waals surface area contributed by atoms with Crippen LogP contribution >= 0.6 is 0 Å². The molecule has 0 heterocycles. The first-order valence-corrected chi connectivity index (χ1v) is 5.86. The Bertz CT molecular complexity index is 284. The van der Waals surface area contributed by atoms with Crippen molar-refractivity contribution in [1.82, 2.24) is 0 Å². The lowest BCUT2D eigenvalue weighted by molar-refractivity contribution is 0.0688. The van der Waals surface area contributed by atoms with Gasteiger partial charge in [0.25, 0.3) is 0 Å². The van der Waals surface area contributed by atoms with Gasteiger partial charge < -0.3 is 15.2 Å². The molecule has 0 radical (unpaired) electrons. The SMILES string of the molecule is CCCOc1ccc(C(CN)OCC)cc1. The number of ether oxygens (including phenoxy) is 2. The molecule has 0 saturated carbocycles. The maximum Gasteiger partial charge on any atom is 0.119 e. The summed E-state index contributed by atoms with van der Waals surface area (Å²) in [5, 5.41) is 0. The van der Waals surface area contributed by atoms with E-state index in [2.05, 4.69) is 6.92 Å². The van der Waals surface area contributed by atoms with E-state index in [0.29, 0.717) is 13.2 Å². The second-order valence-electron chi connectivity index (χ2n) is 3.60. The second kappa shape index (κ2) is 7.25. The molecule has 0 aliphatic heterocycles. The Balaban J connectivity index is 2.61. The summed E-state index contributed by atoms with van der Waals surface area (Å²) in [5.74, 6) is 0.901. The lowest BCUT2D eigenvalue weighted by Gasteiger charge is -2.15. The van der Waals surface area contributed by atoms with Gasteiger partial charge in [0.1, 0.15) is 5.75 Å². The Morgan fingerprint density at radius 1 is 1.19 bits per heavy atom. The number of hydrogen-bond donors (Lipinski definition) is 1. The average Bonchev–Trinajstić information content (AvgIpc) is 2.34. The van der Waals surface area contributed by atoms with E-state index < -0.39 is 0 Å². The van der Waals surface area contributed by atoms with Crippen molar-refractivity contribution in [3.05, 3.63) is 29.8 Å². The van der Waals surface area contributed by atoms with Crippen LogP contribution in [0.1, 0.15) is 31.9 Å². The molecule has 0 amide bonds. The molecule has 1 aromatic carbocycles. The van der Waals surface area contributed by atoms with Crippen LogP contribution in [0.3, 0.4) is 0 Å². The number of benzene rings is 1. The molecule has 90 valence electrons. The molecule has 0 aliphatic carbocycles. The summed E-state index contributed by atoms with van der Waals surface area (Å²) < 4.78 is 11.0. The van der Waals surface area contributed by atoms with E-state index in [4.69, 9.17) is 15.2 Å². The highest BCUT2D eigenvalue weighted by Gasteiger charge is 2.08. The van der Waals surface area contributed by atoms with Gasteiger partial charge in [0, 0.05) is 13.2 Å². The Hall–Kier alpha value is -1.06. The molecule has 1 rings (SSSR count). The Morgan fingerprint density at radius 3 is 2.38 bits per heavy atom. The van der Waals surface area contributed by atoms with Crippen molar-refractivity contribution in [1.29, 1.82) is 0 Å². The second-order valence-corrected chi connectivity index (χ2v) is 3.60. The van der Waals surface area contributed by atoms with Gasteiger partial charge in [0.05, 0.1) is 12.7 Å². The summed E-state index contributed by atoms with van der Waals surface area (Å²) in [7, 11) is 0. The van der Waals surface area contributed by atoms with Gasteiger partial charge >= 0.3 is 0 Å². The highest BCUT2D eigenvalue weighted by atomic mass is 16.5. The molecule has 3 nitrogen and oxygen atoms in total. The minimum Gasteiger partial charge on any atom is -0.494 e. The number of nitrogens with two attached hydrogens (primary N) is 1. The summed E-state index contributed by atoms with van der Waals surface area (Å²) in [4.78, 5) is 0. The molecule has 0 bridgehead atoms. The summed E-state index contributed by atoms with van der Waals surface area (Å²) in [6.45, 7) is 6.00. The van der Waals surface area contributed by atoms with E-state index >= 15 is 0 Å². The summed E-state index contributed by atoms with van der Waals surface area (Å²) >= 11 is 0. The molecule has 0 saturated heterocycles. The van der Waals surface area contributed by atoms with E-state index in [9.17, 15) is 0 Å². The number of hydrogen-bond acceptors (Lipinski definition) is 3. The van der Waals surface area contributed by atoms with Crippen molar-refractivity contribution in [2.75, 3.05) is 19.8 Å². The Morgan fingerprint density at radius 2 is 1.88 bits per heavy atom. The van der Waals surface area contributed by atoms with Gasteiger partial charge in [-0.3, -0.25) is 0 Å². The Labute approximate surface area is 97.6 Å². The van der Waals surface area contributed by atoms with E-state index in [-0.39, 0.29) is 6.10 Å². The molecule has 0 fully saturated rings. The van der Waals surface area contributed by atoms with Crippen LogP contribution in [0.2, 0.25) is 0 Å². The van der Waals surface area contributed by atoms with Gasteiger partial charge in [0.2, 0.25) is 0 Å². The van der Waals surface area contributed by atoms with Crippen molar-refractivity contribution < 1.29 is 9.47 Å². The van der Waals surface area contributed by atoms with Crippen LogP contribution in [0.5, 0.6) is 5.75 Å². The van der Waals surface area contributed by atoms with Gasteiger partial charge in [-0.25, -0.2) is 0 Å². The van der Waals surface area contributed by atoms with Gasteiger partial charge in [-0.05, 0) is 31.0 Å². The van der Waals surface area contributed by atoms with Crippen LogP contribution in [0.4, 0.5) is 0 Å². The first-order chi connectivity index (χ1) is 7.81. The molecule has 16 heavy (non-hydrogen) atoms. The van der Waals surface area contributed by atoms with E-state index in [1.807, 2.05) is 31.2 Å². The maximum atomic E-state index is 5.65. The van der Waals surface area contributed by atoms with Crippen LogP contribution in [0.25, 0.3) is 0 Å². The minimum absolute atomic E-state index is 0.00905. The normalized spacial score (nSPS) is 12.4. The van der Waals surface area contributed by atoms with Crippen molar-refractivity contribution in [3.63, 3.8) is 0 Å². The maximum absolute atomic E-state index is 5.65. The van der Waals surface area contributed by atoms with Gasteiger partial charge in [-0.2, -0.15) is 0 Å². The number of rotatable bonds is 7. The zero-order valence-electron chi connectivity index (χ0n) is 10.1. The predicted molar refractivity (Wildman–Crippen MR) is 65.6 cm³/mol. The molecule has 1 atom stereocenters. The third kappa shape index (κ3) is 3.83. The molecule has 3 heteroatoms. The first kappa shape index (κ1) is 13.0. The topological polar surface area (TPSA) is 44.5 Å². The van der Waals surface area contributed by atoms with Crippen LogP contribution in [-0.4, -0.2) is 19.8 Å². The lowest BCUT2D eigenvalue weighted by Crippen LogP contribution is -2.15. The third-order valence-electron chi connectivity index (χ3n) is 2.31. The smallest absolute Gasteiger partial charge is 0.119 e. The largest absolute Gasteiger partial charge is 0.494 e. The zero-order chi connectivity index (χ0) is 11.8. The Kier molecular flexibility index (Phi) is 5.90. The predicted octanol–water partition coefficient (Wildman–Crippen LogP) is 2.51. The standard InChI is InChI=1S/C13H21NO2/c1-3-9-16-12-7-5-11(6-8-12)13(10-14)15-4-2/h5-8,13H,3-4,9-10,14H2,1-2H3. The van der Waals surface area contributed by atoms with Crippen LogP contribution in [0.15, 0.2) is 24.3 Å². The van der Waals surface area contributed by atoms with Gasteiger partial charge in [0.15, 0.2) is 0 Å². The molecule has 1 aromatic rings. The van der Waals surface area contributed by atoms with E-state index in [0.717, 1.165) is 24.3 Å². The van der Waals surface area contributed by atoms with Crippen LogP contribution in [-0.2, 0) is 4.74 Å². The molecule has 0 aliphatic rings. The summed E-state index contributed by atoms with van der Waals surface area (Å²) in [6, 6.07) is 7.95. The monoisotopic (exact) mass is 223 g/mol. The molecule has 1 unspecified atom stereocenters. The van der Waals surface area contributed by atoms with Crippen LogP contribution in [0, 0.1) is 0 Å². The molecular weight excluding hydrogens is 202 g/mol. The molecule has 0 aromatic heterocycles. The van der Waals surface area contributed by atoms with E-state index in [1.165, 1.54) is 0 Å². The van der Waals surface area contributed by atoms with Gasteiger partial charge in [-0.1, -0.05) is 19.1 Å². The lowest BCUT2D eigenvalue weighted by atomic mass is 10.1. The van der Waals surface area contributed by atoms with Crippen molar-refractivity contribution in [2.45, 2.75) is 26.4 Å². The highest BCUT2D eigenvalue weighted by Crippen LogP contribution is 2.19. The first-order valence-electron chi connectivity index (χ1n) is 5.86. The van der Waals surface area contributed by atoms with Crippen molar-refractivity contribution >= 4 is 0 Å². The van der Waals surface area contributed by atoms with Crippen molar-refractivity contribution in [2.24, 2.45) is 5.73 Å². The fraction of sp³-hybridized carbons (Fsp3) is 0.538. The quantitative estimate of drug-likeness (QED) is 0.772. The highest BCUT2D eigenvalue weighted by molar-refractivity contribution is 5.28. The summed E-state index contributed by atoms with van der Waals surface area (Å²) in [5.41, 5.74) is 6.76. The molecule has 0 spiro atoms. The third-order valence-corrected chi connectivity index (χ3v) is 2.31. The van der Waals surface area contributed by atoms with E-state index in [1.54, 1.807) is 0 Å². The minimum atomic E-state index is -0.00905. The molecular formula is C13H21NO2. The fourth-order valence-electron chi connectivity index (χ4n) is 1.50. The van der Waals surface area contributed by atoms with Crippen LogP contribution < -0.4 is 10.5 Å². The van der Waals surface area contributed by atoms with Gasteiger partial charge in [-0.15, -0.1) is 0 Å². The average molecular weight is 223 g/mol. The molecule has 2 N–H and O–H groups in total.